The normalized spacial score (nSPS) is 17.5. The van der Waals surface area contributed by atoms with Crippen LogP contribution in [0.15, 0.2) is 0 Å². The summed E-state index contributed by atoms with van der Waals surface area (Å²) in [6.07, 6.45) is 7.67. The average molecular weight is 232 g/mol. The van der Waals surface area contributed by atoms with Gasteiger partial charge in [-0.15, -0.1) is 0 Å². The first-order chi connectivity index (χ1) is 8.22. The fraction of sp³-hybridized carbons (Fsp3) is 0.692. The van der Waals surface area contributed by atoms with Gasteiger partial charge in [0.1, 0.15) is 17.5 Å². The Balaban J connectivity index is 2.14. The summed E-state index contributed by atoms with van der Waals surface area (Å²) < 4.78 is 1.79. The Morgan fingerprint density at radius 3 is 2.53 bits per heavy atom. The molecule has 0 aromatic carbocycles. The van der Waals surface area contributed by atoms with E-state index in [1.807, 2.05) is 14.0 Å². The van der Waals surface area contributed by atoms with Gasteiger partial charge in [-0.05, 0) is 19.8 Å². The Morgan fingerprint density at radius 1 is 1.29 bits per heavy atom. The first-order valence-corrected chi connectivity index (χ1v) is 6.42. The van der Waals surface area contributed by atoms with Crippen LogP contribution in [0.3, 0.4) is 0 Å². The summed E-state index contributed by atoms with van der Waals surface area (Å²) in [5.41, 5.74) is 1.50. The maximum absolute atomic E-state index is 9.15. The van der Waals surface area contributed by atoms with Crippen LogP contribution in [0, 0.1) is 18.3 Å². The maximum atomic E-state index is 9.15. The predicted molar refractivity (Wildman–Crippen MR) is 67.8 cm³/mol. The fourth-order valence-corrected chi connectivity index (χ4v) is 2.57. The van der Waals surface area contributed by atoms with Crippen molar-refractivity contribution in [2.75, 3.05) is 5.32 Å². The van der Waals surface area contributed by atoms with Crippen LogP contribution in [-0.2, 0) is 7.05 Å². The van der Waals surface area contributed by atoms with Crippen molar-refractivity contribution in [1.82, 2.24) is 9.78 Å². The highest BCUT2D eigenvalue weighted by molar-refractivity contribution is 5.55. The molecule has 0 spiro atoms. The highest BCUT2D eigenvalue weighted by atomic mass is 15.3. The van der Waals surface area contributed by atoms with Gasteiger partial charge in [0.2, 0.25) is 0 Å². The van der Waals surface area contributed by atoms with Gasteiger partial charge in [0.15, 0.2) is 0 Å². The summed E-state index contributed by atoms with van der Waals surface area (Å²) >= 11 is 0. The molecular formula is C13H20N4. The standard InChI is InChI=1S/C13H20N4/c1-10-12(9-14)13(17(2)16-10)15-11-7-5-3-4-6-8-11/h11,15H,3-8H2,1-2H3. The average Bonchev–Trinajstić information content (AvgIpc) is 2.50. The van der Waals surface area contributed by atoms with E-state index in [0.29, 0.717) is 11.6 Å². The summed E-state index contributed by atoms with van der Waals surface area (Å²) in [7, 11) is 1.90. The third kappa shape index (κ3) is 2.60. The molecule has 0 unspecified atom stereocenters. The number of anilines is 1. The van der Waals surface area contributed by atoms with Gasteiger partial charge in [0.05, 0.1) is 5.69 Å². The number of nitriles is 1. The van der Waals surface area contributed by atoms with Crippen molar-refractivity contribution in [3.05, 3.63) is 11.3 Å². The molecule has 2 rings (SSSR count). The molecule has 0 atom stereocenters. The van der Waals surface area contributed by atoms with Gasteiger partial charge in [0.25, 0.3) is 0 Å². The summed E-state index contributed by atoms with van der Waals surface area (Å²) in [6.45, 7) is 1.89. The Morgan fingerprint density at radius 2 is 1.94 bits per heavy atom. The van der Waals surface area contributed by atoms with Crippen molar-refractivity contribution in [3.8, 4) is 6.07 Å². The van der Waals surface area contributed by atoms with Crippen molar-refractivity contribution in [2.24, 2.45) is 7.05 Å². The fourth-order valence-electron chi connectivity index (χ4n) is 2.57. The van der Waals surface area contributed by atoms with Gasteiger partial charge < -0.3 is 5.32 Å². The Bertz CT molecular complexity index is 419. The van der Waals surface area contributed by atoms with Crippen LogP contribution in [0.5, 0.6) is 0 Å². The predicted octanol–water partition coefficient (Wildman–Crippen LogP) is 2.73. The third-order valence-electron chi connectivity index (χ3n) is 3.53. The Kier molecular flexibility index (Phi) is 3.68. The Labute approximate surface area is 103 Å². The monoisotopic (exact) mass is 232 g/mol. The van der Waals surface area contributed by atoms with Crippen molar-refractivity contribution in [3.63, 3.8) is 0 Å². The molecule has 1 heterocycles. The molecule has 1 aromatic heterocycles. The van der Waals surface area contributed by atoms with Crippen LogP contribution in [0.2, 0.25) is 0 Å². The highest BCUT2D eigenvalue weighted by Crippen LogP contribution is 2.24. The van der Waals surface area contributed by atoms with Gasteiger partial charge in [-0.2, -0.15) is 10.4 Å². The zero-order chi connectivity index (χ0) is 12.3. The Hall–Kier alpha value is -1.50. The summed E-state index contributed by atoms with van der Waals surface area (Å²) in [5, 5.41) is 17.0. The van der Waals surface area contributed by atoms with E-state index in [-0.39, 0.29) is 0 Å². The number of nitrogens with one attached hydrogen (secondary N) is 1. The molecule has 1 fully saturated rings. The minimum absolute atomic E-state index is 0.499. The summed E-state index contributed by atoms with van der Waals surface area (Å²) in [4.78, 5) is 0. The van der Waals surface area contributed by atoms with Crippen LogP contribution in [0.1, 0.15) is 49.8 Å². The van der Waals surface area contributed by atoms with Crippen LogP contribution in [-0.4, -0.2) is 15.8 Å². The lowest BCUT2D eigenvalue weighted by Crippen LogP contribution is -2.20. The summed E-state index contributed by atoms with van der Waals surface area (Å²) in [6, 6.07) is 2.74. The van der Waals surface area contributed by atoms with E-state index in [4.69, 9.17) is 5.26 Å². The van der Waals surface area contributed by atoms with E-state index in [9.17, 15) is 0 Å². The lowest BCUT2D eigenvalue weighted by molar-refractivity contribution is 0.609. The van der Waals surface area contributed by atoms with E-state index < -0.39 is 0 Å². The number of hydrogen-bond acceptors (Lipinski definition) is 3. The van der Waals surface area contributed by atoms with Crippen molar-refractivity contribution < 1.29 is 0 Å². The molecule has 0 radical (unpaired) electrons. The van der Waals surface area contributed by atoms with Gasteiger partial charge in [0, 0.05) is 13.1 Å². The van der Waals surface area contributed by atoms with Crippen LogP contribution in [0.25, 0.3) is 0 Å². The van der Waals surface area contributed by atoms with E-state index in [0.717, 1.165) is 11.5 Å². The SMILES string of the molecule is Cc1nn(C)c(NC2CCCCCC2)c1C#N. The van der Waals surface area contributed by atoms with Crippen molar-refractivity contribution in [1.29, 1.82) is 5.26 Å². The molecular weight excluding hydrogens is 212 g/mol. The molecule has 1 aliphatic rings. The molecule has 4 heteroatoms. The first-order valence-electron chi connectivity index (χ1n) is 6.42. The maximum Gasteiger partial charge on any atom is 0.142 e. The number of aromatic nitrogens is 2. The van der Waals surface area contributed by atoms with Gasteiger partial charge >= 0.3 is 0 Å². The second-order valence-electron chi connectivity index (χ2n) is 4.88. The lowest BCUT2D eigenvalue weighted by Gasteiger charge is -2.17. The molecule has 92 valence electrons. The topological polar surface area (TPSA) is 53.6 Å². The van der Waals surface area contributed by atoms with E-state index in [1.54, 1.807) is 4.68 Å². The molecule has 4 nitrogen and oxygen atoms in total. The molecule has 17 heavy (non-hydrogen) atoms. The molecule has 1 aromatic rings. The minimum atomic E-state index is 0.499. The smallest absolute Gasteiger partial charge is 0.142 e. The molecule has 1 N–H and O–H groups in total. The molecule has 0 saturated heterocycles. The van der Waals surface area contributed by atoms with Gasteiger partial charge in [-0.1, -0.05) is 25.7 Å². The third-order valence-corrected chi connectivity index (χ3v) is 3.53. The second kappa shape index (κ2) is 5.22. The molecule has 0 amide bonds. The number of nitrogens with zero attached hydrogens (tertiary/aromatic N) is 3. The van der Waals surface area contributed by atoms with E-state index in [1.165, 1.54) is 38.5 Å². The number of aryl methyl sites for hydroxylation is 2. The quantitative estimate of drug-likeness (QED) is 0.798. The molecule has 1 saturated carbocycles. The minimum Gasteiger partial charge on any atom is -0.366 e. The van der Waals surface area contributed by atoms with E-state index in [2.05, 4.69) is 16.5 Å². The molecule has 0 bridgehead atoms. The van der Waals surface area contributed by atoms with Crippen LogP contribution >= 0.6 is 0 Å². The van der Waals surface area contributed by atoms with E-state index >= 15 is 0 Å². The molecule has 0 aliphatic heterocycles. The highest BCUT2D eigenvalue weighted by Gasteiger charge is 2.18. The zero-order valence-corrected chi connectivity index (χ0v) is 10.7. The number of rotatable bonds is 2. The van der Waals surface area contributed by atoms with Gasteiger partial charge in [-0.3, -0.25) is 4.68 Å². The molecule has 1 aliphatic carbocycles. The van der Waals surface area contributed by atoms with Crippen LogP contribution in [0.4, 0.5) is 5.82 Å². The number of hydrogen-bond donors (Lipinski definition) is 1. The first kappa shape index (κ1) is 12.0. The second-order valence-corrected chi connectivity index (χ2v) is 4.88. The van der Waals surface area contributed by atoms with Gasteiger partial charge in [-0.25, -0.2) is 0 Å². The van der Waals surface area contributed by atoms with Crippen molar-refractivity contribution in [2.45, 2.75) is 51.5 Å². The van der Waals surface area contributed by atoms with Crippen molar-refractivity contribution >= 4 is 5.82 Å². The zero-order valence-electron chi connectivity index (χ0n) is 10.7. The largest absolute Gasteiger partial charge is 0.366 e. The lowest BCUT2D eigenvalue weighted by atomic mass is 10.1. The van der Waals surface area contributed by atoms with Crippen LogP contribution < -0.4 is 5.32 Å². The summed E-state index contributed by atoms with van der Waals surface area (Å²) in [5.74, 6) is 0.886.